The van der Waals surface area contributed by atoms with Gasteiger partial charge in [0, 0.05) is 42.1 Å². The molecule has 7 heteroatoms. The monoisotopic (exact) mass is 295 g/mol. The fraction of sp³-hybridized carbons (Fsp3) is 0.214. The van der Waals surface area contributed by atoms with Gasteiger partial charge < -0.3 is 14.7 Å². The average Bonchev–Trinajstić information content (AvgIpc) is 3.03. The van der Waals surface area contributed by atoms with Crippen LogP contribution in [0.25, 0.3) is 10.9 Å². The number of para-hydroxylation sites is 1. The molecule has 4 nitrogen and oxygen atoms in total. The molecule has 0 saturated heterocycles. The second-order valence-corrected chi connectivity index (χ2v) is 4.82. The zero-order valence-electron chi connectivity index (χ0n) is 11.0. The molecular weight excluding hydrogens is 283 g/mol. The van der Waals surface area contributed by atoms with Crippen LogP contribution in [0.4, 0.5) is 13.2 Å². The molecule has 0 aliphatic carbocycles. The van der Waals surface area contributed by atoms with Crippen molar-refractivity contribution >= 4 is 10.9 Å². The average molecular weight is 295 g/mol. The molecule has 0 aliphatic heterocycles. The lowest BCUT2D eigenvalue weighted by Crippen LogP contribution is -2.45. The van der Waals surface area contributed by atoms with Gasteiger partial charge in [-0.05, 0) is 6.07 Å². The summed E-state index contributed by atoms with van der Waals surface area (Å²) in [7, 11) is 1.41. The smallest absolute Gasteiger partial charge is 0.370 e. The normalized spacial score (nSPS) is 15.3. The topological polar surface area (TPSA) is 53.8 Å². The number of alkyl halides is 3. The number of aliphatic hydroxyl groups is 1. The first-order chi connectivity index (χ1) is 9.85. The number of nitrogens with zero attached hydrogens (tertiary/aromatic N) is 2. The van der Waals surface area contributed by atoms with E-state index in [2.05, 4.69) is 9.97 Å². The highest BCUT2D eigenvalue weighted by Crippen LogP contribution is 2.45. The first-order valence-corrected chi connectivity index (χ1v) is 6.19. The fourth-order valence-electron chi connectivity index (χ4n) is 2.49. The largest absolute Gasteiger partial charge is 0.428 e. The van der Waals surface area contributed by atoms with Crippen LogP contribution in [-0.2, 0) is 12.6 Å². The van der Waals surface area contributed by atoms with Crippen molar-refractivity contribution < 1.29 is 18.3 Å². The van der Waals surface area contributed by atoms with Crippen molar-refractivity contribution in [2.75, 3.05) is 0 Å². The first-order valence-electron chi connectivity index (χ1n) is 6.19. The van der Waals surface area contributed by atoms with Gasteiger partial charge in [-0.3, -0.25) is 0 Å². The molecule has 0 amide bonds. The molecule has 0 fully saturated rings. The number of fused-ring (bicyclic) bond motifs is 1. The molecule has 0 unspecified atom stereocenters. The Hall–Kier alpha value is -2.28. The molecular formula is C14H12F3N3O. The minimum absolute atomic E-state index is 0.264. The van der Waals surface area contributed by atoms with E-state index in [1.807, 2.05) is 0 Å². The van der Waals surface area contributed by atoms with Crippen molar-refractivity contribution in [3.63, 3.8) is 0 Å². The maximum atomic E-state index is 13.6. The minimum atomic E-state index is -4.91. The maximum Gasteiger partial charge on any atom is 0.428 e. The van der Waals surface area contributed by atoms with Crippen LogP contribution in [-0.4, -0.2) is 25.8 Å². The Morgan fingerprint density at radius 1 is 1.24 bits per heavy atom. The summed E-state index contributed by atoms with van der Waals surface area (Å²) in [6.45, 7) is 0. The number of benzene rings is 1. The van der Waals surface area contributed by atoms with Gasteiger partial charge in [0.15, 0.2) is 5.82 Å². The predicted octanol–water partition coefficient (Wildman–Crippen LogP) is 2.70. The number of rotatable bonds is 2. The summed E-state index contributed by atoms with van der Waals surface area (Å²) in [4.78, 5) is 6.45. The highest BCUT2D eigenvalue weighted by Gasteiger charge is 2.59. The number of aromatic nitrogens is 3. The number of halogens is 3. The number of hydrogen-bond donors (Lipinski definition) is 2. The first kappa shape index (κ1) is 13.7. The van der Waals surface area contributed by atoms with Crippen LogP contribution in [0.5, 0.6) is 0 Å². The van der Waals surface area contributed by atoms with Crippen LogP contribution in [0.1, 0.15) is 11.4 Å². The van der Waals surface area contributed by atoms with Crippen LogP contribution >= 0.6 is 0 Å². The Labute approximate surface area is 117 Å². The van der Waals surface area contributed by atoms with Gasteiger partial charge in [-0.15, -0.1) is 0 Å². The Kier molecular flexibility index (Phi) is 2.84. The van der Waals surface area contributed by atoms with E-state index in [-0.39, 0.29) is 5.56 Å². The number of imidazole rings is 1. The van der Waals surface area contributed by atoms with Gasteiger partial charge >= 0.3 is 6.18 Å². The number of aromatic amines is 1. The Morgan fingerprint density at radius 2 is 1.95 bits per heavy atom. The second-order valence-electron chi connectivity index (χ2n) is 4.82. The molecule has 0 radical (unpaired) electrons. The molecule has 3 aromatic rings. The summed E-state index contributed by atoms with van der Waals surface area (Å²) >= 11 is 0. The van der Waals surface area contributed by atoms with E-state index in [0.29, 0.717) is 10.9 Å². The highest BCUT2D eigenvalue weighted by molar-refractivity contribution is 5.84. The zero-order chi connectivity index (χ0) is 15.3. The van der Waals surface area contributed by atoms with E-state index in [0.717, 1.165) is 4.57 Å². The van der Waals surface area contributed by atoms with Crippen LogP contribution in [0, 0.1) is 0 Å². The molecule has 110 valence electrons. The van der Waals surface area contributed by atoms with Crippen molar-refractivity contribution in [1.82, 2.24) is 14.5 Å². The van der Waals surface area contributed by atoms with Gasteiger partial charge in [0.05, 0.1) is 0 Å². The molecule has 2 heterocycles. The van der Waals surface area contributed by atoms with Gasteiger partial charge in [0.1, 0.15) is 0 Å². The molecule has 1 atom stereocenters. The SMILES string of the molecule is Cn1ccnc1[C@@](O)(c1c[nH]c2ccccc12)C(F)(F)F. The van der Waals surface area contributed by atoms with Gasteiger partial charge in [0.25, 0.3) is 0 Å². The molecule has 0 bridgehead atoms. The highest BCUT2D eigenvalue weighted by atomic mass is 19.4. The van der Waals surface area contributed by atoms with E-state index in [4.69, 9.17) is 0 Å². The number of hydrogen-bond acceptors (Lipinski definition) is 2. The molecule has 1 aromatic carbocycles. The van der Waals surface area contributed by atoms with E-state index in [1.165, 1.54) is 31.7 Å². The lowest BCUT2D eigenvalue weighted by atomic mass is 9.91. The second kappa shape index (κ2) is 4.36. The number of nitrogens with one attached hydrogen (secondary N) is 1. The predicted molar refractivity (Wildman–Crippen MR) is 70.6 cm³/mol. The Morgan fingerprint density at radius 3 is 2.57 bits per heavy atom. The summed E-state index contributed by atoms with van der Waals surface area (Å²) in [6, 6.07) is 6.50. The van der Waals surface area contributed by atoms with Crippen molar-refractivity contribution in [2.24, 2.45) is 7.05 Å². The Bertz CT molecular complexity index is 790. The summed E-state index contributed by atoms with van der Waals surface area (Å²) in [5.74, 6) is -0.472. The third-order valence-corrected chi connectivity index (χ3v) is 3.53. The van der Waals surface area contributed by atoms with E-state index in [9.17, 15) is 18.3 Å². The summed E-state index contributed by atoms with van der Waals surface area (Å²) in [5.41, 5.74) is -2.92. The molecule has 21 heavy (non-hydrogen) atoms. The third-order valence-electron chi connectivity index (χ3n) is 3.53. The molecule has 0 saturated carbocycles. The number of H-pyrrole nitrogens is 1. The van der Waals surface area contributed by atoms with Gasteiger partial charge in [-0.25, -0.2) is 4.98 Å². The van der Waals surface area contributed by atoms with Gasteiger partial charge in [-0.1, -0.05) is 18.2 Å². The van der Waals surface area contributed by atoms with E-state index >= 15 is 0 Å². The van der Waals surface area contributed by atoms with E-state index < -0.39 is 17.6 Å². The van der Waals surface area contributed by atoms with Gasteiger partial charge in [0.2, 0.25) is 5.60 Å². The summed E-state index contributed by atoms with van der Waals surface area (Å²) in [6.07, 6.45) is -1.15. The molecule has 0 spiro atoms. The molecule has 2 aromatic heterocycles. The van der Waals surface area contributed by atoms with Crippen molar-refractivity contribution in [2.45, 2.75) is 11.8 Å². The van der Waals surface area contributed by atoms with Crippen LogP contribution in [0.3, 0.4) is 0 Å². The quantitative estimate of drug-likeness (QED) is 0.763. The third kappa shape index (κ3) is 1.84. The standard InChI is InChI=1S/C14H12F3N3O/c1-20-7-6-18-12(20)13(21,14(15,16)17)10-8-19-11-5-3-2-4-9(10)11/h2-8,19,21H,1H3/t13-/m0/s1. The Balaban J connectivity index is 2.34. The van der Waals surface area contributed by atoms with E-state index in [1.54, 1.807) is 18.2 Å². The van der Waals surface area contributed by atoms with Crippen LogP contribution < -0.4 is 0 Å². The van der Waals surface area contributed by atoms with Crippen LogP contribution in [0.15, 0.2) is 42.9 Å². The fourth-order valence-corrected chi connectivity index (χ4v) is 2.49. The lowest BCUT2D eigenvalue weighted by molar-refractivity contribution is -0.251. The van der Waals surface area contributed by atoms with Crippen molar-refractivity contribution in [1.29, 1.82) is 0 Å². The van der Waals surface area contributed by atoms with Crippen molar-refractivity contribution in [3.8, 4) is 0 Å². The zero-order valence-corrected chi connectivity index (χ0v) is 11.0. The molecule has 2 N–H and O–H groups in total. The van der Waals surface area contributed by atoms with Crippen LogP contribution in [0.2, 0.25) is 0 Å². The number of aryl methyl sites for hydroxylation is 1. The summed E-state index contributed by atoms with van der Waals surface area (Å²) < 4.78 is 42.0. The molecule has 3 rings (SSSR count). The van der Waals surface area contributed by atoms with Gasteiger partial charge in [-0.2, -0.15) is 13.2 Å². The van der Waals surface area contributed by atoms with Crippen molar-refractivity contribution in [3.05, 3.63) is 54.2 Å². The maximum absolute atomic E-state index is 13.6. The minimum Gasteiger partial charge on any atom is -0.370 e. The molecule has 0 aliphatic rings. The summed E-state index contributed by atoms with van der Waals surface area (Å²) in [5, 5.41) is 10.8. The lowest BCUT2D eigenvalue weighted by Gasteiger charge is -2.29.